The third-order valence-electron chi connectivity index (χ3n) is 7.63. The molecule has 0 spiro atoms. The van der Waals surface area contributed by atoms with Gasteiger partial charge in [0.2, 0.25) is 5.91 Å². The summed E-state index contributed by atoms with van der Waals surface area (Å²) in [6.45, 7) is 10.5. The van der Waals surface area contributed by atoms with Gasteiger partial charge < -0.3 is 19.8 Å². The second-order valence-corrected chi connectivity index (χ2v) is 10.3. The van der Waals surface area contributed by atoms with Gasteiger partial charge in [-0.25, -0.2) is 0 Å². The fourth-order valence-corrected chi connectivity index (χ4v) is 5.50. The van der Waals surface area contributed by atoms with E-state index >= 15 is 0 Å². The molecule has 4 rings (SSSR count). The summed E-state index contributed by atoms with van der Waals surface area (Å²) in [6.07, 6.45) is 9.61. The topological polar surface area (TPSA) is 67.3 Å². The number of nitrogens with zero attached hydrogens (tertiary/aromatic N) is 4. The number of benzene rings is 1. The fourth-order valence-electron chi connectivity index (χ4n) is 5.50. The Bertz CT molecular complexity index is 1080. The Morgan fingerprint density at radius 2 is 1.78 bits per heavy atom. The molecule has 7 heteroatoms. The van der Waals surface area contributed by atoms with Crippen LogP contribution < -0.4 is 4.90 Å². The number of carbonyl (C=O) groups excluding carboxylic acids is 2. The largest absolute Gasteiger partial charge is 0.390 e. The van der Waals surface area contributed by atoms with E-state index in [1.54, 1.807) is 9.80 Å². The summed E-state index contributed by atoms with van der Waals surface area (Å²) < 4.78 is 0. The summed E-state index contributed by atoms with van der Waals surface area (Å²) in [5.74, 6) is 0.0935. The van der Waals surface area contributed by atoms with Crippen molar-refractivity contribution in [2.75, 3.05) is 57.8 Å². The lowest BCUT2D eigenvalue weighted by atomic mass is 9.97. The highest BCUT2D eigenvalue weighted by atomic mass is 16.3. The second-order valence-electron chi connectivity index (χ2n) is 10.3. The number of hydrogen-bond donors (Lipinski definition) is 1. The van der Waals surface area contributed by atoms with E-state index in [0.29, 0.717) is 31.7 Å². The van der Waals surface area contributed by atoms with Crippen molar-refractivity contribution >= 4 is 17.5 Å². The van der Waals surface area contributed by atoms with Crippen LogP contribution in [0.4, 0.5) is 5.69 Å². The molecule has 1 fully saturated rings. The Kier molecular flexibility index (Phi) is 8.32. The molecule has 1 saturated heterocycles. The fraction of sp³-hybridized carbons (Fsp3) is 0.517. The molecule has 1 aromatic rings. The Labute approximate surface area is 215 Å². The standard InChI is InChI=1S/C29H40N4O3/c1-5-7-22-11-13-31(17-24(22)8-6-2)18-26(34)19-32-14-12-23-15-25(9-10-27(23)29(32)36)33-16-21(3)30(4)28(35)20-33/h5-10,15,21,26,34H,11-14,16-20H2,1-4H3/b7-5-,8-6-. The molecule has 36 heavy (non-hydrogen) atoms. The molecule has 0 aromatic heterocycles. The van der Waals surface area contributed by atoms with E-state index in [2.05, 4.69) is 47.1 Å². The minimum atomic E-state index is -0.595. The van der Waals surface area contributed by atoms with Crippen molar-refractivity contribution in [2.24, 2.45) is 0 Å². The number of aliphatic hydroxyl groups is 1. The highest BCUT2D eigenvalue weighted by molar-refractivity contribution is 5.97. The van der Waals surface area contributed by atoms with Crippen LogP contribution in [0.25, 0.3) is 0 Å². The maximum absolute atomic E-state index is 13.2. The van der Waals surface area contributed by atoms with E-state index in [4.69, 9.17) is 0 Å². The molecule has 2 atom stereocenters. The maximum atomic E-state index is 13.2. The van der Waals surface area contributed by atoms with Crippen LogP contribution in [0.15, 0.2) is 53.6 Å². The van der Waals surface area contributed by atoms with Crippen LogP contribution in [0.3, 0.4) is 0 Å². The van der Waals surface area contributed by atoms with Crippen LogP contribution in [0, 0.1) is 0 Å². The van der Waals surface area contributed by atoms with E-state index in [1.807, 2.05) is 33.0 Å². The number of likely N-dealkylation sites (N-methyl/N-ethyl adjacent to an activating group) is 1. The van der Waals surface area contributed by atoms with Crippen molar-refractivity contribution < 1.29 is 14.7 Å². The summed E-state index contributed by atoms with van der Waals surface area (Å²) in [5, 5.41) is 10.9. The molecule has 0 bridgehead atoms. The molecule has 0 radical (unpaired) electrons. The number of amides is 2. The summed E-state index contributed by atoms with van der Waals surface area (Å²) in [6, 6.07) is 6.06. The van der Waals surface area contributed by atoms with Crippen LogP contribution in [-0.4, -0.2) is 96.6 Å². The van der Waals surface area contributed by atoms with Crippen LogP contribution in [-0.2, 0) is 11.2 Å². The molecule has 3 heterocycles. The van der Waals surface area contributed by atoms with Crippen molar-refractivity contribution in [1.29, 1.82) is 0 Å². The highest BCUT2D eigenvalue weighted by Gasteiger charge is 2.30. The van der Waals surface area contributed by atoms with E-state index in [1.165, 1.54) is 11.1 Å². The van der Waals surface area contributed by atoms with Crippen molar-refractivity contribution in [2.45, 2.75) is 45.8 Å². The van der Waals surface area contributed by atoms with Gasteiger partial charge in [-0.05, 0) is 68.5 Å². The SMILES string of the molecule is C/C=C\C1=C(/C=C\C)CN(CC(O)CN2CCc3cc(N4CC(=O)N(C)C(C)C4)ccc3C2=O)CC1. The zero-order valence-electron chi connectivity index (χ0n) is 22.1. The molecule has 7 nitrogen and oxygen atoms in total. The summed E-state index contributed by atoms with van der Waals surface area (Å²) in [5.41, 5.74) is 5.38. The number of allylic oxidation sites excluding steroid dienone is 3. The molecule has 1 N–H and O–H groups in total. The predicted molar refractivity (Wildman–Crippen MR) is 144 cm³/mol. The zero-order chi connectivity index (χ0) is 25.8. The maximum Gasteiger partial charge on any atom is 0.254 e. The van der Waals surface area contributed by atoms with Crippen molar-refractivity contribution in [3.8, 4) is 0 Å². The van der Waals surface area contributed by atoms with Gasteiger partial charge in [-0.1, -0.05) is 24.3 Å². The minimum absolute atomic E-state index is 0.0202. The van der Waals surface area contributed by atoms with E-state index in [-0.39, 0.29) is 17.9 Å². The molecule has 3 aliphatic heterocycles. The van der Waals surface area contributed by atoms with E-state index in [9.17, 15) is 14.7 Å². The summed E-state index contributed by atoms with van der Waals surface area (Å²) in [7, 11) is 1.85. The Balaban J connectivity index is 1.37. The number of aliphatic hydroxyl groups excluding tert-OH is 1. The number of piperazine rings is 1. The number of anilines is 1. The van der Waals surface area contributed by atoms with Crippen LogP contribution in [0.1, 0.15) is 43.1 Å². The second kappa shape index (κ2) is 11.4. The summed E-state index contributed by atoms with van der Waals surface area (Å²) >= 11 is 0. The molecule has 2 amide bonds. The van der Waals surface area contributed by atoms with Gasteiger partial charge in [0.1, 0.15) is 0 Å². The van der Waals surface area contributed by atoms with Crippen molar-refractivity contribution in [3.63, 3.8) is 0 Å². The van der Waals surface area contributed by atoms with Gasteiger partial charge in [0.15, 0.2) is 0 Å². The lowest BCUT2D eigenvalue weighted by Crippen LogP contribution is -2.53. The first-order valence-electron chi connectivity index (χ1n) is 13.1. The van der Waals surface area contributed by atoms with Crippen LogP contribution >= 0.6 is 0 Å². The van der Waals surface area contributed by atoms with Gasteiger partial charge in [0.25, 0.3) is 5.91 Å². The molecule has 194 valence electrons. The molecule has 3 aliphatic rings. The number of hydrogen-bond acceptors (Lipinski definition) is 5. The zero-order valence-corrected chi connectivity index (χ0v) is 22.1. The first-order chi connectivity index (χ1) is 17.3. The van der Waals surface area contributed by atoms with Gasteiger partial charge >= 0.3 is 0 Å². The van der Waals surface area contributed by atoms with Gasteiger partial charge in [-0.2, -0.15) is 0 Å². The number of β-amino-alcohol motifs (C(OH)–C–C–N with tert-alkyl or cyclic N) is 1. The first-order valence-corrected chi connectivity index (χ1v) is 13.1. The third-order valence-corrected chi connectivity index (χ3v) is 7.63. The smallest absolute Gasteiger partial charge is 0.254 e. The van der Waals surface area contributed by atoms with E-state index in [0.717, 1.165) is 43.7 Å². The predicted octanol–water partition coefficient (Wildman–Crippen LogP) is 2.87. The number of carbonyl (C=O) groups is 2. The average Bonchev–Trinajstić information content (AvgIpc) is 2.85. The monoisotopic (exact) mass is 492 g/mol. The van der Waals surface area contributed by atoms with Crippen molar-refractivity contribution in [3.05, 3.63) is 64.8 Å². The van der Waals surface area contributed by atoms with Gasteiger partial charge in [-0.3, -0.25) is 14.5 Å². The number of rotatable bonds is 7. The first kappa shape index (κ1) is 26.2. The minimum Gasteiger partial charge on any atom is -0.390 e. The van der Waals surface area contributed by atoms with Crippen LogP contribution in [0.5, 0.6) is 0 Å². The van der Waals surface area contributed by atoms with E-state index < -0.39 is 6.10 Å². The number of fused-ring (bicyclic) bond motifs is 1. The lowest BCUT2D eigenvalue weighted by molar-refractivity contribution is -0.131. The summed E-state index contributed by atoms with van der Waals surface area (Å²) in [4.78, 5) is 33.5. The quantitative estimate of drug-likeness (QED) is 0.634. The van der Waals surface area contributed by atoms with Crippen molar-refractivity contribution in [1.82, 2.24) is 14.7 Å². The Hall–Kier alpha value is -2.90. The third kappa shape index (κ3) is 5.73. The van der Waals surface area contributed by atoms with Gasteiger partial charge in [0, 0.05) is 63.6 Å². The normalized spacial score (nSPS) is 22.8. The highest BCUT2D eigenvalue weighted by Crippen LogP contribution is 2.27. The molecule has 2 unspecified atom stereocenters. The Morgan fingerprint density at radius 1 is 1.03 bits per heavy atom. The molecule has 1 aromatic carbocycles. The average molecular weight is 493 g/mol. The molecular weight excluding hydrogens is 452 g/mol. The lowest BCUT2D eigenvalue weighted by Gasteiger charge is -2.39. The van der Waals surface area contributed by atoms with Gasteiger partial charge in [0.05, 0.1) is 12.6 Å². The molecule has 0 aliphatic carbocycles. The van der Waals surface area contributed by atoms with Crippen LogP contribution in [0.2, 0.25) is 0 Å². The Morgan fingerprint density at radius 3 is 2.50 bits per heavy atom. The van der Waals surface area contributed by atoms with Gasteiger partial charge in [-0.15, -0.1) is 0 Å². The molecular formula is C29H40N4O3. The molecule has 0 saturated carbocycles.